The first kappa shape index (κ1) is 12.2. The van der Waals surface area contributed by atoms with E-state index < -0.39 is 5.97 Å². The van der Waals surface area contributed by atoms with E-state index in [1.54, 1.807) is 13.2 Å². The fourth-order valence-electron chi connectivity index (χ4n) is 2.28. The van der Waals surface area contributed by atoms with Gasteiger partial charge in [-0.05, 0) is 25.0 Å². The minimum atomic E-state index is -0.687. The van der Waals surface area contributed by atoms with E-state index in [1.807, 2.05) is 12.1 Å². The third kappa shape index (κ3) is 2.69. The van der Waals surface area contributed by atoms with Crippen LogP contribution in [0, 0.1) is 11.8 Å². The van der Waals surface area contributed by atoms with E-state index in [2.05, 4.69) is 11.8 Å². The Hall–Kier alpha value is -1.29. The molecule has 1 aliphatic rings. The van der Waals surface area contributed by atoms with Crippen LogP contribution in [0.4, 0.5) is 0 Å². The van der Waals surface area contributed by atoms with Crippen molar-refractivity contribution in [3.05, 3.63) is 24.2 Å². The zero-order chi connectivity index (χ0) is 12.4. The number of likely N-dealkylation sites (tertiary alicyclic amines) is 1. The van der Waals surface area contributed by atoms with E-state index >= 15 is 0 Å². The first-order valence-corrected chi connectivity index (χ1v) is 6.07. The van der Waals surface area contributed by atoms with Crippen LogP contribution in [0.15, 0.2) is 22.8 Å². The number of carboxylic acids is 1. The SMILES string of the molecule is CC(C(=O)O)C1CN(C(C)Cc2ccco2)C1. The lowest BCUT2D eigenvalue weighted by molar-refractivity contribution is -0.145. The molecule has 2 unspecified atom stereocenters. The summed E-state index contributed by atoms with van der Waals surface area (Å²) in [5, 5.41) is 8.92. The number of carboxylic acid groups (broad SMARTS) is 1. The molecule has 1 saturated heterocycles. The van der Waals surface area contributed by atoms with E-state index in [9.17, 15) is 4.79 Å². The molecule has 0 bridgehead atoms. The molecule has 0 aliphatic carbocycles. The molecule has 1 fully saturated rings. The third-order valence-electron chi connectivity index (χ3n) is 3.73. The van der Waals surface area contributed by atoms with E-state index in [4.69, 9.17) is 9.52 Å². The van der Waals surface area contributed by atoms with Gasteiger partial charge in [-0.2, -0.15) is 0 Å². The molecule has 0 spiro atoms. The van der Waals surface area contributed by atoms with Gasteiger partial charge in [0.1, 0.15) is 5.76 Å². The summed E-state index contributed by atoms with van der Waals surface area (Å²) in [6, 6.07) is 4.29. The molecule has 2 atom stereocenters. The van der Waals surface area contributed by atoms with Gasteiger partial charge in [0.2, 0.25) is 0 Å². The van der Waals surface area contributed by atoms with Crippen LogP contribution in [0.3, 0.4) is 0 Å². The molecule has 4 heteroatoms. The number of nitrogens with zero attached hydrogens (tertiary/aromatic N) is 1. The summed E-state index contributed by atoms with van der Waals surface area (Å²) in [5.41, 5.74) is 0. The molecule has 0 saturated carbocycles. The summed E-state index contributed by atoms with van der Waals surface area (Å²) >= 11 is 0. The first-order chi connectivity index (χ1) is 8.08. The van der Waals surface area contributed by atoms with Crippen LogP contribution in [-0.4, -0.2) is 35.1 Å². The van der Waals surface area contributed by atoms with Gasteiger partial charge in [-0.15, -0.1) is 0 Å². The predicted octanol–water partition coefficient (Wildman–Crippen LogP) is 1.86. The van der Waals surface area contributed by atoms with Crippen LogP contribution in [0.2, 0.25) is 0 Å². The maximum Gasteiger partial charge on any atom is 0.306 e. The van der Waals surface area contributed by atoms with Crippen molar-refractivity contribution in [1.29, 1.82) is 0 Å². The van der Waals surface area contributed by atoms with Crippen LogP contribution >= 0.6 is 0 Å². The Balaban J connectivity index is 1.77. The molecular weight excluding hydrogens is 218 g/mol. The number of hydrogen-bond acceptors (Lipinski definition) is 3. The number of rotatable bonds is 5. The fraction of sp³-hybridized carbons (Fsp3) is 0.615. The zero-order valence-electron chi connectivity index (χ0n) is 10.3. The monoisotopic (exact) mass is 237 g/mol. The molecule has 1 aromatic rings. The van der Waals surface area contributed by atoms with Gasteiger partial charge < -0.3 is 9.52 Å². The molecule has 2 heterocycles. The Morgan fingerprint density at radius 2 is 2.29 bits per heavy atom. The van der Waals surface area contributed by atoms with Gasteiger partial charge in [-0.3, -0.25) is 9.69 Å². The average molecular weight is 237 g/mol. The average Bonchev–Trinajstić information content (AvgIpc) is 2.67. The van der Waals surface area contributed by atoms with Crippen molar-refractivity contribution in [1.82, 2.24) is 4.90 Å². The molecule has 94 valence electrons. The van der Waals surface area contributed by atoms with Crippen LogP contribution in [-0.2, 0) is 11.2 Å². The third-order valence-corrected chi connectivity index (χ3v) is 3.73. The fourth-order valence-corrected chi connectivity index (χ4v) is 2.28. The topological polar surface area (TPSA) is 53.7 Å². The van der Waals surface area contributed by atoms with Crippen molar-refractivity contribution in [2.24, 2.45) is 11.8 Å². The minimum absolute atomic E-state index is 0.234. The van der Waals surface area contributed by atoms with Gasteiger partial charge in [0.25, 0.3) is 0 Å². The first-order valence-electron chi connectivity index (χ1n) is 6.07. The highest BCUT2D eigenvalue weighted by molar-refractivity contribution is 5.70. The van der Waals surface area contributed by atoms with Gasteiger partial charge in [-0.25, -0.2) is 0 Å². The molecule has 1 aliphatic heterocycles. The van der Waals surface area contributed by atoms with Crippen molar-refractivity contribution in [2.45, 2.75) is 26.3 Å². The maximum absolute atomic E-state index is 10.8. The molecule has 1 aromatic heterocycles. The standard InChI is InChI=1S/C13H19NO3/c1-9(6-12-4-3-5-17-12)14-7-11(8-14)10(2)13(15)16/h3-5,9-11H,6-8H2,1-2H3,(H,15,16). The van der Waals surface area contributed by atoms with Crippen LogP contribution < -0.4 is 0 Å². The molecule has 17 heavy (non-hydrogen) atoms. The number of hydrogen-bond donors (Lipinski definition) is 1. The second kappa shape index (κ2) is 4.92. The summed E-state index contributed by atoms with van der Waals surface area (Å²) in [5.74, 6) is 0.370. The van der Waals surface area contributed by atoms with Crippen molar-refractivity contribution in [2.75, 3.05) is 13.1 Å². The molecule has 1 N–H and O–H groups in total. The van der Waals surface area contributed by atoms with Crippen molar-refractivity contribution in [3.63, 3.8) is 0 Å². The quantitative estimate of drug-likeness (QED) is 0.849. The summed E-state index contributed by atoms with van der Waals surface area (Å²) in [6.45, 7) is 5.72. The van der Waals surface area contributed by atoms with Gasteiger partial charge in [-0.1, -0.05) is 6.92 Å². The van der Waals surface area contributed by atoms with Crippen LogP contribution in [0.5, 0.6) is 0 Å². The highest BCUT2D eigenvalue weighted by Gasteiger charge is 2.36. The Morgan fingerprint density at radius 3 is 2.82 bits per heavy atom. The van der Waals surface area contributed by atoms with Crippen LogP contribution in [0.1, 0.15) is 19.6 Å². The van der Waals surface area contributed by atoms with E-state index in [0.29, 0.717) is 12.0 Å². The highest BCUT2D eigenvalue weighted by Crippen LogP contribution is 2.26. The number of carbonyl (C=O) groups is 1. The number of aliphatic carboxylic acids is 1. The molecule has 0 radical (unpaired) electrons. The molecule has 0 aromatic carbocycles. The van der Waals surface area contributed by atoms with E-state index in [0.717, 1.165) is 25.3 Å². The van der Waals surface area contributed by atoms with E-state index in [1.165, 1.54) is 0 Å². The minimum Gasteiger partial charge on any atom is -0.481 e. The Kier molecular flexibility index (Phi) is 3.52. The zero-order valence-corrected chi connectivity index (χ0v) is 10.3. The van der Waals surface area contributed by atoms with Gasteiger partial charge >= 0.3 is 5.97 Å². The number of furan rings is 1. The lowest BCUT2D eigenvalue weighted by Gasteiger charge is -2.44. The van der Waals surface area contributed by atoms with Crippen LogP contribution in [0.25, 0.3) is 0 Å². The smallest absolute Gasteiger partial charge is 0.306 e. The van der Waals surface area contributed by atoms with Crippen molar-refractivity contribution >= 4 is 5.97 Å². The molecular formula is C13H19NO3. The summed E-state index contributed by atoms with van der Waals surface area (Å²) in [7, 11) is 0. The summed E-state index contributed by atoms with van der Waals surface area (Å²) in [6.07, 6.45) is 2.58. The lowest BCUT2D eigenvalue weighted by atomic mass is 9.85. The molecule has 4 nitrogen and oxygen atoms in total. The largest absolute Gasteiger partial charge is 0.481 e. The predicted molar refractivity (Wildman–Crippen MR) is 63.7 cm³/mol. The molecule has 2 rings (SSSR count). The lowest BCUT2D eigenvalue weighted by Crippen LogP contribution is -2.54. The van der Waals surface area contributed by atoms with E-state index in [-0.39, 0.29) is 5.92 Å². The Labute approximate surface area is 101 Å². The highest BCUT2D eigenvalue weighted by atomic mass is 16.4. The summed E-state index contributed by atoms with van der Waals surface area (Å²) in [4.78, 5) is 13.1. The van der Waals surface area contributed by atoms with Crippen molar-refractivity contribution < 1.29 is 14.3 Å². The van der Waals surface area contributed by atoms with Gasteiger partial charge in [0, 0.05) is 25.6 Å². The second-order valence-electron chi connectivity index (χ2n) is 4.97. The van der Waals surface area contributed by atoms with Gasteiger partial charge in [0.05, 0.1) is 12.2 Å². The second-order valence-corrected chi connectivity index (χ2v) is 4.97. The molecule has 0 amide bonds. The Morgan fingerprint density at radius 1 is 1.59 bits per heavy atom. The Bertz CT molecular complexity index is 368. The maximum atomic E-state index is 10.8. The normalized spacial score (nSPS) is 20.8. The summed E-state index contributed by atoms with van der Waals surface area (Å²) < 4.78 is 5.31. The van der Waals surface area contributed by atoms with Gasteiger partial charge in [0.15, 0.2) is 0 Å². The van der Waals surface area contributed by atoms with Crippen molar-refractivity contribution in [3.8, 4) is 0 Å².